The van der Waals surface area contributed by atoms with Crippen LogP contribution in [-0.2, 0) is 54.8 Å². The lowest BCUT2D eigenvalue weighted by molar-refractivity contribution is -0.344. The molecule has 44 heavy (non-hydrogen) atoms. The van der Waals surface area contributed by atoms with Gasteiger partial charge in [0.1, 0.15) is 24.4 Å². The monoisotopic (exact) mass is 596 g/mol. The van der Waals surface area contributed by atoms with Crippen LogP contribution in [0.25, 0.3) is 0 Å². The molecule has 0 radical (unpaired) electrons. The van der Waals surface area contributed by atoms with Crippen molar-refractivity contribution in [2.75, 3.05) is 6.61 Å². The molecule has 0 bridgehead atoms. The van der Waals surface area contributed by atoms with Crippen molar-refractivity contribution >= 4 is 0 Å². The van der Waals surface area contributed by atoms with Gasteiger partial charge in [-0.3, -0.25) is 0 Å². The first-order chi connectivity index (χ1) is 21.4. The molecule has 5 atom stereocenters. The maximum Gasteiger partial charge on any atom is 0.187 e. The Balaban J connectivity index is 1.44. The van der Waals surface area contributed by atoms with Crippen molar-refractivity contribution in [3.8, 4) is 0 Å². The third kappa shape index (κ3) is 9.83. The minimum atomic E-state index is -0.707. The van der Waals surface area contributed by atoms with Gasteiger partial charge in [0.15, 0.2) is 6.29 Å². The predicted molar refractivity (Wildman–Crippen MR) is 171 cm³/mol. The normalized spacial score (nSPS) is 22.1. The molecule has 0 N–H and O–H groups in total. The second-order valence-corrected chi connectivity index (χ2v) is 12.1. The summed E-state index contributed by atoms with van der Waals surface area (Å²) < 4.78 is 39.5. The van der Waals surface area contributed by atoms with E-state index in [4.69, 9.17) is 28.4 Å². The third-order valence-corrected chi connectivity index (χ3v) is 7.31. The van der Waals surface area contributed by atoms with Gasteiger partial charge in [0.2, 0.25) is 0 Å². The second kappa shape index (κ2) is 16.1. The van der Waals surface area contributed by atoms with Crippen LogP contribution in [0.4, 0.5) is 0 Å². The fourth-order valence-corrected chi connectivity index (χ4v) is 5.19. The van der Waals surface area contributed by atoms with E-state index in [1.165, 1.54) is 0 Å². The van der Waals surface area contributed by atoms with Crippen LogP contribution in [0, 0.1) is 0 Å². The fourth-order valence-electron chi connectivity index (χ4n) is 5.19. The maximum atomic E-state index is 6.75. The van der Waals surface area contributed by atoms with E-state index in [1.807, 2.05) is 106 Å². The van der Waals surface area contributed by atoms with Crippen LogP contribution in [0.15, 0.2) is 121 Å². The smallest absolute Gasteiger partial charge is 0.187 e. The van der Waals surface area contributed by atoms with Gasteiger partial charge in [-0.05, 0) is 43.0 Å². The molecule has 0 aromatic heterocycles. The molecule has 6 nitrogen and oxygen atoms in total. The first-order valence-corrected chi connectivity index (χ1v) is 15.4. The summed E-state index contributed by atoms with van der Waals surface area (Å²) in [6, 6.07) is 40.5. The van der Waals surface area contributed by atoms with Crippen LogP contribution >= 0.6 is 0 Å². The molecule has 1 aliphatic heterocycles. The lowest BCUT2D eigenvalue weighted by Crippen LogP contribution is -2.62. The highest BCUT2D eigenvalue weighted by Crippen LogP contribution is 2.33. The van der Waals surface area contributed by atoms with Crippen LogP contribution in [0.3, 0.4) is 0 Å². The Bertz CT molecular complexity index is 1340. The van der Waals surface area contributed by atoms with Crippen molar-refractivity contribution in [3.63, 3.8) is 0 Å². The van der Waals surface area contributed by atoms with Crippen molar-refractivity contribution in [1.82, 2.24) is 0 Å². The number of hydrogen-bond acceptors (Lipinski definition) is 6. The van der Waals surface area contributed by atoms with Gasteiger partial charge in [-0.2, -0.15) is 0 Å². The van der Waals surface area contributed by atoms with Crippen molar-refractivity contribution in [2.45, 2.75) is 83.5 Å². The second-order valence-electron chi connectivity index (χ2n) is 12.1. The van der Waals surface area contributed by atoms with Gasteiger partial charge in [-0.1, -0.05) is 121 Å². The van der Waals surface area contributed by atoms with Crippen LogP contribution in [-0.4, -0.2) is 42.9 Å². The van der Waals surface area contributed by atoms with Gasteiger partial charge in [-0.25, -0.2) is 0 Å². The van der Waals surface area contributed by atoms with E-state index in [0.717, 1.165) is 22.3 Å². The Kier molecular flexibility index (Phi) is 11.7. The largest absolute Gasteiger partial charge is 0.374 e. The van der Waals surface area contributed by atoms with E-state index >= 15 is 0 Å². The van der Waals surface area contributed by atoms with E-state index in [-0.39, 0.29) is 0 Å². The molecule has 0 spiro atoms. The quantitative estimate of drug-likeness (QED) is 0.150. The van der Waals surface area contributed by atoms with Gasteiger partial charge < -0.3 is 28.4 Å². The Morgan fingerprint density at radius 2 is 0.886 bits per heavy atom. The zero-order valence-corrected chi connectivity index (χ0v) is 25.9. The minimum absolute atomic E-state index is 0.301. The Morgan fingerprint density at radius 3 is 1.32 bits per heavy atom. The topological polar surface area (TPSA) is 55.4 Å². The van der Waals surface area contributed by atoms with Gasteiger partial charge >= 0.3 is 0 Å². The zero-order valence-electron chi connectivity index (χ0n) is 25.9. The summed E-state index contributed by atoms with van der Waals surface area (Å²) in [4.78, 5) is 0. The molecule has 1 saturated heterocycles. The summed E-state index contributed by atoms with van der Waals surface area (Å²) in [5.41, 5.74) is 3.78. The van der Waals surface area contributed by atoms with Gasteiger partial charge in [-0.15, -0.1) is 0 Å². The molecule has 6 heteroatoms. The summed E-state index contributed by atoms with van der Waals surface area (Å²) in [5.74, 6) is 0. The summed E-state index contributed by atoms with van der Waals surface area (Å²) in [5, 5.41) is 0. The molecule has 232 valence electrons. The van der Waals surface area contributed by atoms with Gasteiger partial charge in [0.25, 0.3) is 0 Å². The van der Waals surface area contributed by atoms with Crippen LogP contribution < -0.4 is 0 Å². The van der Waals surface area contributed by atoms with Crippen molar-refractivity contribution in [2.24, 2.45) is 0 Å². The molecular formula is C38H44O6. The van der Waals surface area contributed by atoms with E-state index in [0.29, 0.717) is 33.0 Å². The van der Waals surface area contributed by atoms with Crippen LogP contribution in [0.5, 0.6) is 0 Å². The molecule has 5 rings (SSSR count). The minimum Gasteiger partial charge on any atom is -0.374 e. The van der Waals surface area contributed by atoms with E-state index in [9.17, 15) is 0 Å². The molecule has 0 amide bonds. The van der Waals surface area contributed by atoms with E-state index in [1.54, 1.807) is 0 Å². The standard InChI is InChI=1S/C38H44O6/c1-38(2,3)44-37-36(42-27-32-22-14-7-15-23-32)35(41-26-31-20-12-6-13-21-31)34(40-25-30-18-10-5-11-19-30)33(43-37)28-39-24-29-16-8-4-9-17-29/h4-23,33-37H,24-28H2,1-3H3/t33-,34-,35+,36-,37+/m1/s1. The van der Waals surface area contributed by atoms with Gasteiger partial charge in [0.05, 0.1) is 38.6 Å². The Hall–Kier alpha value is -3.36. The molecular weight excluding hydrogens is 552 g/mol. The summed E-state index contributed by atoms with van der Waals surface area (Å²) >= 11 is 0. The average molecular weight is 597 g/mol. The zero-order chi connectivity index (χ0) is 30.6. The first-order valence-electron chi connectivity index (χ1n) is 15.4. The Morgan fingerprint density at radius 1 is 0.500 bits per heavy atom. The SMILES string of the molecule is CC(C)(C)O[C@@H]1O[C@H](COCc2ccccc2)[C@@H](OCc2ccccc2)[C@H](OCc2ccccc2)[C@H]1OCc1ccccc1. The Labute approximate surface area is 261 Å². The fraction of sp³-hybridized carbons (Fsp3) is 0.368. The summed E-state index contributed by atoms with van der Waals surface area (Å²) in [6.45, 7) is 7.98. The number of hydrogen-bond donors (Lipinski definition) is 0. The number of benzene rings is 4. The lowest BCUT2D eigenvalue weighted by Gasteiger charge is -2.47. The van der Waals surface area contributed by atoms with Crippen molar-refractivity contribution in [3.05, 3.63) is 144 Å². The molecule has 4 aromatic rings. The summed E-state index contributed by atoms with van der Waals surface area (Å²) in [6.07, 6.45) is -2.73. The molecule has 0 aliphatic carbocycles. The number of ether oxygens (including phenoxy) is 6. The van der Waals surface area contributed by atoms with Crippen molar-refractivity contribution < 1.29 is 28.4 Å². The first kappa shape index (κ1) is 32.0. The molecule has 1 heterocycles. The molecule has 1 aliphatic rings. The number of rotatable bonds is 14. The molecule has 1 fully saturated rings. The predicted octanol–water partition coefficient (Wildman–Crippen LogP) is 7.50. The van der Waals surface area contributed by atoms with Gasteiger partial charge in [0, 0.05) is 0 Å². The molecule has 0 saturated carbocycles. The lowest BCUT2D eigenvalue weighted by atomic mass is 9.97. The highest BCUT2D eigenvalue weighted by molar-refractivity contribution is 5.16. The molecule has 0 unspecified atom stereocenters. The van der Waals surface area contributed by atoms with E-state index < -0.39 is 36.3 Å². The van der Waals surface area contributed by atoms with Crippen molar-refractivity contribution in [1.29, 1.82) is 0 Å². The van der Waals surface area contributed by atoms with Crippen LogP contribution in [0.2, 0.25) is 0 Å². The highest BCUT2D eigenvalue weighted by Gasteiger charge is 2.50. The molecule has 4 aromatic carbocycles. The third-order valence-electron chi connectivity index (χ3n) is 7.31. The average Bonchev–Trinajstić information content (AvgIpc) is 3.04. The highest BCUT2D eigenvalue weighted by atomic mass is 16.7. The maximum absolute atomic E-state index is 6.75. The summed E-state index contributed by atoms with van der Waals surface area (Å²) in [7, 11) is 0. The van der Waals surface area contributed by atoms with Crippen LogP contribution in [0.1, 0.15) is 43.0 Å². The van der Waals surface area contributed by atoms with E-state index in [2.05, 4.69) is 36.4 Å².